The molecule has 6 nitrogen and oxygen atoms in total. The molecule has 2 aliphatic rings. The SMILES string of the molecule is CC(C)(C)[C@H]1CCc2c(sc(NC(=O)[C@H]3CCCC[C@@H]3C(=O)[O-])c2C(N)=O)C1. The zero-order valence-corrected chi connectivity index (χ0v) is 17.6. The van der Waals surface area contributed by atoms with Crippen molar-refractivity contribution in [2.24, 2.45) is 28.9 Å². The van der Waals surface area contributed by atoms with E-state index in [2.05, 4.69) is 26.1 Å². The number of primary amides is 1. The molecular weight excluding hydrogens is 376 g/mol. The molecule has 28 heavy (non-hydrogen) atoms. The highest BCUT2D eigenvalue weighted by Crippen LogP contribution is 2.44. The second kappa shape index (κ2) is 7.85. The Morgan fingerprint density at radius 2 is 1.75 bits per heavy atom. The fourth-order valence-corrected chi connectivity index (χ4v) is 5.94. The van der Waals surface area contributed by atoms with E-state index in [1.165, 1.54) is 11.3 Å². The number of thiophene rings is 1. The van der Waals surface area contributed by atoms with Gasteiger partial charge in [0.05, 0.1) is 5.56 Å². The van der Waals surface area contributed by atoms with Crippen molar-refractivity contribution in [1.82, 2.24) is 0 Å². The minimum Gasteiger partial charge on any atom is -0.550 e. The summed E-state index contributed by atoms with van der Waals surface area (Å²) in [5.41, 5.74) is 7.17. The summed E-state index contributed by atoms with van der Waals surface area (Å²) in [7, 11) is 0. The van der Waals surface area contributed by atoms with E-state index in [4.69, 9.17) is 5.73 Å². The normalized spacial score (nSPS) is 25.0. The number of aliphatic carboxylic acids is 1. The van der Waals surface area contributed by atoms with Crippen molar-refractivity contribution in [2.45, 2.75) is 65.7 Å². The lowest BCUT2D eigenvalue weighted by atomic mass is 9.72. The van der Waals surface area contributed by atoms with Gasteiger partial charge in [-0.1, -0.05) is 33.6 Å². The summed E-state index contributed by atoms with van der Waals surface area (Å²) in [6.07, 6.45) is 5.20. The number of rotatable bonds is 4. The van der Waals surface area contributed by atoms with E-state index >= 15 is 0 Å². The molecule has 3 N–H and O–H groups in total. The molecule has 0 saturated heterocycles. The van der Waals surface area contributed by atoms with Crippen molar-refractivity contribution >= 4 is 34.1 Å². The molecule has 2 aliphatic carbocycles. The number of hydrogen-bond acceptors (Lipinski definition) is 5. The van der Waals surface area contributed by atoms with E-state index in [0.717, 1.165) is 42.5 Å². The zero-order valence-electron chi connectivity index (χ0n) is 16.8. The van der Waals surface area contributed by atoms with Crippen molar-refractivity contribution in [3.8, 4) is 0 Å². The molecule has 154 valence electrons. The fourth-order valence-electron chi connectivity index (χ4n) is 4.61. The lowest BCUT2D eigenvalue weighted by molar-refractivity contribution is -0.313. The van der Waals surface area contributed by atoms with E-state index in [0.29, 0.717) is 29.3 Å². The summed E-state index contributed by atoms with van der Waals surface area (Å²) >= 11 is 1.42. The molecule has 0 aliphatic heterocycles. The van der Waals surface area contributed by atoms with Gasteiger partial charge in [0.2, 0.25) is 5.91 Å². The second-order valence-electron chi connectivity index (χ2n) is 9.18. The van der Waals surface area contributed by atoms with Gasteiger partial charge in [0.15, 0.2) is 0 Å². The number of nitrogens with one attached hydrogen (secondary N) is 1. The first-order valence-electron chi connectivity index (χ1n) is 10.1. The summed E-state index contributed by atoms with van der Waals surface area (Å²) in [6.45, 7) is 6.66. The average Bonchev–Trinajstić information content (AvgIpc) is 2.97. The number of hydrogen-bond donors (Lipinski definition) is 2. The Bertz CT molecular complexity index is 793. The van der Waals surface area contributed by atoms with E-state index in [1.54, 1.807) is 0 Å². The van der Waals surface area contributed by atoms with Gasteiger partial charge < -0.3 is 21.0 Å². The Morgan fingerprint density at radius 3 is 2.32 bits per heavy atom. The van der Waals surface area contributed by atoms with Gasteiger partial charge >= 0.3 is 0 Å². The van der Waals surface area contributed by atoms with Crippen LogP contribution in [-0.2, 0) is 22.4 Å². The number of carbonyl (C=O) groups is 3. The summed E-state index contributed by atoms with van der Waals surface area (Å²) in [4.78, 5) is 37.5. The molecule has 1 aromatic heterocycles. The summed E-state index contributed by atoms with van der Waals surface area (Å²) in [5, 5.41) is 14.7. The van der Waals surface area contributed by atoms with Crippen LogP contribution >= 0.6 is 11.3 Å². The molecule has 0 aromatic carbocycles. The van der Waals surface area contributed by atoms with Crippen molar-refractivity contribution in [1.29, 1.82) is 0 Å². The highest BCUT2D eigenvalue weighted by atomic mass is 32.1. The maximum absolute atomic E-state index is 12.8. The number of carboxylic acid groups (broad SMARTS) is 1. The van der Waals surface area contributed by atoms with Gasteiger partial charge in [0.1, 0.15) is 5.00 Å². The third-order valence-corrected chi connectivity index (χ3v) is 7.55. The molecule has 1 aromatic rings. The van der Waals surface area contributed by atoms with Crippen molar-refractivity contribution < 1.29 is 19.5 Å². The van der Waals surface area contributed by atoms with Crippen LogP contribution in [0.1, 0.15) is 73.7 Å². The van der Waals surface area contributed by atoms with Gasteiger partial charge in [-0.25, -0.2) is 0 Å². The molecule has 3 atom stereocenters. The molecular formula is C21H29N2O4S-. The summed E-state index contributed by atoms with van der Waals surface area (Å²) < 4.78 is 0. The van der Waals surface area contributed by atoms with Crippen LogP contribution in [-0.4, -0.2) is 17.8 Å². The molecule has 1 saturated carbocycles. The Morgan fingerprint density at radius 1 is 1.11 bits per heavy atom. The predicted molar refractivity (Wildman–Crippen MR) is 107 cm³/mol. The van der Waals surface area contributed by atoms with Crippen molar-refractivity contribution in [3.63, 3.8) is 0 Å². The van der Waals surface area contributed by atoms with Gasteiger partial charge in [0, 0.05) is 22.7 Å². The first-order valence-corrected chi connectivity index (χ1v) is 10.9. The Labute approximate surface area is 169 Å². The minimum absolute atomic E-state index is 0.168. The van der Waals surface area contributed by atoms with Crippen LogP contribution < -0.4 is 16.2 Å². The molecule has 0 spiro atoms. The number of carboxylic acids is 1. The quantitative estimate of drug-likeness (QED) is 0.801. The van der Waals surface area contributed by atoms with E-state index in [9.17, 15) is 19.5 Å². The Kier molecular flexibility index (Phi) is 5.84. The zero-order chi connectivity index (χ0) is 20.6. The Balaban J connectivity index is 1.86. The van der Waals surface area contributed by atoms with Crippen molar-refractivity contribution in [2.75, 3.05) is 5.32 Å². The molecule has 2 amide bonds. The smallest absolute Gasteiger partial charge is 0.251 e. The van der Waals surface area contributed by atoms with Crippen LogP contribution in [0.15, 0.2) is 0 Å². The average molecular weight is 406 g/mol. The van der Waals surface area contributed by atoms with E-state index in [-0.39, 0.29) is 11.3 Å². The van der Waals surface area contributed by atoms with Crippen LogP contribution in [0, 0.1) is 23.2 Å². The Hall–Kier alpha value is -1.89. The number of fused-ring (bicyclic) bond motifs is 1. The van der Waals surface area contributed by atoms with Gasteiger partial charge in [-0.05, 0) is 49.0 Å². The van der Waals surface area contributed by atoms with E-state index in [1.807, 2.05) is 0 Å². The first-order chi connectivity index (χ1) is 13.1. The van der Waals surface area contributed by atoms with Crippen molar-refractivity contribution in [3.05, 3.63) is 16.0 Å². The number of amides is 2. The second-order valence-corrected chi connectivity index (χ2v) is 10.3. The highest BCUT2D eigenvalue weighted by Gasteiger charge is 2.36. The van der Waals surface area contributed by atoms with Crippen LogP contribution in [0.2, 0.25) is 0 Å². The van der Waals surface area contributed by atoms with Crippen LogP contribution in [0.25, 0.3) is 0 Å². The van der Waals surface area contributed by atoms with E-state index < -0.39 is 23.7 Å². The maximum atomic E-state index is 12.8. The first kappa shape index (κ1) is 20.8. The molecule has 0 bridgehead atoms. The predicted octanol–water partition coefficient (Wildman–Crippen LogP) is 2.49. The van der Waals surface area contributed by atoms with Gasteiger partial charge in [-0.3, -0.25) is 9.59 Å². The summed E-state index contributed by atoms with van der Waals surface area (Å²) in [5.74, 6) is -2.95. The number of anilines is 1. The van der Waals surface area contributed by atoms with Crippen LogP contribution in [0.5, 0.6) is 0 Å². The molecule has 1 heterocycles. The summed E-state index contributed by atoms with van der Waals surface area (Å²) in [6, 6.07) is 0. The number of nitrogens with two attached hydrogens (primary N) is 1. The largest absolute Gasteiger partial charge is 0.550 e. The minimum atomic E-state index is -1.17. The highest BCUT2D eigenvalue weighted by molar-refractivity contribution is 7.17. The molecule has 3 rings (SSSR count). The van der Waals surface area contributed by atoms with Gasteiger partial charge in [-0.2, -0.15) is 0 Å². The molecule has 0 unspecified atom stereocenters. The molecule has 1 fully saturated rings. The third-order valence-electron chi connectivity index (χ3n) is 6.38. The third kappa shape index (κ3) is 4.09. The lowest BCUT2D eigenvalue weighted by Gasteiger charge is -2.33. The van der Waals surface area contributed by atoms with Crippen LogP contribution in [0.4, 0.5) is 5.00 Å². The monoisotopic (exact) mass is 405 g/mol. The number of carbonyl (C=O) groups excluding carboxylic acids is 3. The fraction of sp³-hybridized carbons (Fsp3) is 0.667. The van der Waals surface area contributed by atoms with Crippen LogP contribution in [0.3, 0.4) is 0 Å². The lowest BCUT2D eigenvalue weighted by Crippen LogP contribution is -2.42. The molecule has 0 radical (unpaired) electrons. The topological polar surface area (TPSA) is 112 Å². The van der Waals surface area contributed by atoms with Gasteiger partial charge in [0.25, 0.3) is 5.91 Å². The standard InChI is InChI=1S/C21H30N2O4S/c1-21(2,3)11-8-9-14-15(10-11)28-19(16(14)17(22)24)23-18(25)12-6-4-5-7-13(12)20(26)27/h11-13H,4-10H2,1-3H3,(H2,22,24)(H,23,25)(H,26,27)/p-1/t11-,12-,13-/m0/s1. The van der Waals surface area contributed by atoms with Gasteiger partial charge in [-0.15, -0.1) is 11.3 Å². The maximum Gasteiger partial charge on any atom is 0.251 e. The molecule has 7 heteroatoms.